The van der Waals surface area contributed by atoms with Crippen LogP contribution in [0.3, 0.4) is 0 Å². The number of aliphatic imine (C=N–C) groups is 1. The van der Waals surface area contributed by atoms with Gasteiger partial charge in [0.25, 0.3) is 0 Å². The van der Waals surface area contributed by atoms with Crippen LogP contribution >= 0.6 is 0 Å². The van der Waals surface area contributed by atoms with Crippen LogP contribution in [0.15, 0.2) is 35.6 Å². The Kier molecular flexibility index (Phi) is 7.56. The van der Waals surface area contributed by atoms with Crippen LogP contribution in [0, 0.1) is 18.3 Å². The van der Waals surface area contributed by atoms with E-state index in [4.69, 9.17) is 30.4 Å². The Morgan fingerprint density at radius 2 is 1.79 bits per heavy atom. The van der Waals surface area contributed by atoms with E-state index in [1.165, 1.54) is 6.33 Å². The predicted octanol–water partition coefficient (Wildman–Crippen LogP) is 3.35. The van der Waals surface area contributed by atoms with Crippen molar-refractivity contribution in [2.24, 2.45) is 10.9 Å². The molecule has 0 saturated heterocycles. The molecule has 0 N–H and O–H groups in total. The van der Waals surface area contributed by atoms with E-state index >= 15 is 0 Å². The second kappa shape index (κ2) is 10.6. The summed E-state index contributed by atoms with van der Waals surface area (Å²) in [6, 6.07) is 3.69. The third kappa shape index (κ3) is 5.53. The second-order valence-corrected chi connectivity index (χ2v) is 6.50. The van der Waals surface area contributed by atoms with Gasteiger partial charge in [-0.05, 0) is 18.6 Å². The molecule has 0 radical (unpaired) electrons. The van der Waals surface area contributed by atoms with E-state index < -0.39 is 0 Å². The lowest BCUT2D eigenvalue weighted by Gasteiger charge is -2.15. The van der Waals surface area contributed by atoms with E-state index in [1.54, 1.807) is 14.2 Å². The molecule has 7 nitrogen and oxygen atoms in total. The van der Waals surface area contributed by atoms with Gasteiger partial charge in [-0.3, -0.25) is 0 Å². The van der Waals surface area contributed by atoms with Gasteiger partial charge in [-0.25, -0.2) is 15.0 Å². The van der Waals surface area contributed by atoms with Crippen LogP contribution in [-0.4, -0.2) is 56.3 Å². The number of allylic oxidation sites excluding steroid dienone is 2. The number of methoxy groups -OCH3 is 2. The summed E-state index contributed by atoms with van der Waals surface area (Å²) in [6.07, 6.45) is 12.7. The van der Waals surface area contributed by atoms with Crippen molar-refractivity contribution in [1.82, 2.24) is 9.97 Å². The summed E-state index contributed by atoms with van der Waals surface area (Å²) in [5.41, 5.74) is 1.63. The van der Waals surface area contributed by atoms with Crippen LogP contribution in [0.5, 0.6) is 11.5 Å². The first kappa shape index (κ1) is 20.8. The highest BCUT2D eigenvalue weighted by atomic mass is 16.5. The number of nitrogens with zero attached hydrogens (tertiary/aromatic N) is 3. The lowest BCUT2D eigenvalue weighted by atomic mass is 9.94. The standard InChI is InChI=1S/C22H25N3O4/c1-4-16-6-5-7-17(12-16)25-22-18-13-20(28-10-8-26-2)21(29-11-9-27-3)14-19(18)23-15-24-22/h1,5,7,13-16H,6,8-12H2,2-3H3. The monoisotopic (exact) mass is 395 g/mol. The fourth-order valence-electron chi connectivity index (χ4n) is 2.95. The summed E-state index contributed by atoms with van der Waals surface area (Å²) in [5, 5.41) is 0.780. The lowest BCUT2D eigenvalue weighted by molar-refractivity contribution is 0.132. The molecule has 7 heteroatoms. The third-order valence-corrected chi connectivity index (χ3v) is 4.44. The Labute approximate surface area is 170 Å². The van der Waals surface area contributed by atoms with Crippen LogP contribution in [0.25, 0.3) is 10.9 Å². The normalized spacial score (nSPS) is 17.4. The average molecular weight is 395 g/mol. The molecule has 0 saturated carbocycles. The van der Waals surface area contributed by atoms with Gasteiger partial charge in [0.1, 0.15) is 19.5 Å². The first-order valence-electron chi connectivity index (χ1n) is 9.47. The van der Waals surface area contributed by atoms with Gasteiger partial charge in [0.2, 0.25) is 0 Å². The van der Waals surface area contributed by atoms with Crippen molar-refractivity contribution in [1.29, 1.82) is 0 Å². The van der Waals surface area contributed by atoms with E-state index in [-0.39, 0.29) is 5.92 Å². The number of terminal acetylenes is 1. The number of hydrogen-bond acceptors (Lipinski definition) is 7. The fraction of sp³-hybridized carbons (Fsp3) is 0.409. The summed E-state index contributed by atoms with van der Waals surface area (Å²) in [4.78, 5) is 13.5. The molecule has 1 aliphatic carbocycles. The van der Waals surface area contributed by atoms with Crippen molar-refractivity contribution in [2.45, 2.75) is 12.8 Å². The topological polar surface area (TPSA) is 75.1 Å². The van der Waals surface area contributed by atoms with Crippen LogP contribution in [0.2, 0.25) is 0 Å². The van der Waals surface area contributed by atoms with Crippen LogP contribution < -0.4 is 9.47 Å². The minimum Gasteiger partial charge on any atom is -0.487 e. The van der Waals surface area contributed by atoms with Crippen molar-refractivity contribution in [3.63, 3.8) is 0 Å². The van der Waals surface area contributed by atoms with E-state index in [0.29, 0.717) is 43.7 Å². The molecule has 1 aromatic heterocycles. The highest BCUT2D eigenvalue weighted by molar-refractivity contribution is 6.00. The first-order valence-corrected chi connectivity index (χ1v) is 9.47. The average Bonchev–Trinajstić information content (AvgIpc) is 2.75. The van der Waals surface area contributed by atoms with Crippen LogP contribution in [-0.2, 0) is 9.47 Å². The van der Waals surface area contributed by atoms with Gasteiger partial charge in [0.15, 0.2) is 17.3 Å². The lowest BCUT2D eigenvalue weighted by Crippen LogP contribution is -2.09. The highest BCUT2D eigenvalue weighted by Crippen LogP contribution is 2.35. The minimum absolute atomic E-state index is 0.167. The van der Waals surface area contributed by atoms with E-state index in [9.17, 15) is 0 Å². The molecule has 1 aliphatic rings. The van der Waals surface area contributed by atoms with Gasteiger partial charge in [-0.15, -0.1) is 12.3 Å². The minimum atomic E-state index is 0.167. The Hall–Kier alpha value is -2.95. The maximum Gasteiger partial charge on any atom is 0.163 e. The Morgan fingerprint density at radius 1 is 1.07 bits per heavy atom. The molecule has 2 aromatic rings. The predicted molar refractivity (Wildman–Crippen MR) is 112 cm³/mol. The SMILES string of the molecule is C#CC1CC=CC(=Nc2ncnc3cc(OCCOC)c(OCCOC)cc23)C1. The molecular formula is C22H25N3O4. The van der Waals surface area contributed by atoms with Gasteiger partial charge >= 0.3 is 0 Å². The molecule has 152 valence electrons. The summed E-state index contributed by atoms with van der Waals surface area (Å²) in [5.74, 6) is 4.72. The summed E-state index contributed by atoms with van der Waals surface area (Å²) in [6.45, 7) is 1.74. The second-order valence-electron chi connectivity index (χ2n) is 6.50. The van der Waals surface area contributed by atoms with Gasteiger partial charge in [0, 0.05) is 43.7 Å². The zero-order valence-corrected chi connectivity index (χ0v) is 16.8. The molecule has 3 rings (SSSR count). The molecule has 0 spiro atoms. The molecule has 29 heavy (non-hydrogen) atoms. The number of hydrogen-bond donors (Lipinski definition) is 0. The number of aromatic nitrogens is 2. The van der Waals surface area contributed by atoms with Crippen LogP contribution in [0.1, 0.15) is 12.8 Å². The fourth-order valence-corrected chi connectivity index (χ4v) is 2.95. The van der Waals surface area contributed by atoms with Crippen molar-refractivity contribution >= 4 is 22.4 Å². The molecule has 1 heterocycles. The van der Waals surface area contributed by atoms with Crippen LogP contribution in [0.4, 0.5) is 5.82 Å². The first-order chi connectivity index (χ1) is 14.2. The molecule has 1 unspecified atom stereocenters. The number of benzene rings is 1. The smallest absolute Gasteiger partial charge is 0.163 e. The molecule has 0 bridgehead atoms. The van der Waals surface area contributed by atoms with Crippen molar-refractivity contribution in [3.8, 4) is 23.8 Å². The molecule has 0 amide bonds. The van der Waals surface area contributed by atoms with Crippen molar-refractivity contribution in [3.05, 3.63) is 30.6 Å². The number of fused-ring (bicyclic) bond motifs is 1. The Bertz CT molecular complexity index is 934. The quantitative estimate of drug-likeness (QED) is 0.479. The zero-order chi connectivity index (χ0) is 20.5. The maximum absolute atomic E-state index is 5.86. The molecule has 0 fully saturated rings. The van der Waals surface area contributed by atoms with Gasteiger partial charge in [-0.2, -0.15) is 0 Å². The van der Waals surface area contributed by atoms with Gasteiger partial charge < -0.3 is 18.9 Å². The van der Waals surface area contributed by atoms with Gasteiger partial charge in [0.05, 0.1) is 18.7 Å². The number of ether oxygens (including phenoxy) is 4. The molecular weight excluding hydrogens is 370 g/mol. The Balaban J connectivity index is 1.97. The van der Waals surface area contributed by atoms with E-state index in [2.05, 4.69) is 22.0 Å². The summed E-state index contributed by atoms with van der Waals surface area (Å²) in [7, 11) is 3.26. The summed E-state index contributed by atoms with van der Waals surface area (Å²) < 4.78 is 21.8. The molecule has 1 aromatic carbocycles. The Morgan fingerprint density at radius 3 is 2.48 bits per heavy atom. The largest absolute Gasteiger partial charge is 0.487 e. The molecule has 1 atom stereocenters. The van der Waals surface area contributed by atoms with Gasteiger partial charge in [-0.1, -0.05) is 6.08 Å². The van der Waals surface area contributed by atoms with Crippen molar-refractivity contribution in [2.75, 3.05) is 40.6 Å². The van der Waals surface area contributed by atoms with Crippen molar-refractivity contribution < 1.29 is 18.9 Å². The maximum atomic E-state index is 5.86. The third-order valence-electron chi connectivity index (χ3n) is 4.44. The highest BCUT2D eigenvalue weighted by Gasteiger charge is 2.15. The van der Waals surface area contributed by atoms with E-state index in [0.717, 1.165) is 29.5 Å². The molecule has 0 aliphatic heterocycles. The zero-order valence-electron chi connectivity index (χ0n) is 16.8. The van der Waals surface area contributed by atoms with E-state index in [1.807, 2.05) is 18.2 Å². The number of rotatable bonds is 9. The summed E-state index contributed by atoms with van der Waals surface area (Å²) >= 11 is 0.